The van der Waals surface area contributed by atoms with E-state index in [2.05, 4.69) is 51.0 Å². The molecular formula is C15H24N2. The van der Waals surface area contributed by atoms with Crippen molar-refractivity contribution in [2.24, 2.45) is 5.84 Å². The maximum Gasteiger partial charge on any atom is 0.0288 e. The predicted molar refractivity (Wildman–Crippen MR) is 74.8 cm³/mol. The molecule has 0 saturated carbocycles. The molecule has 0 heterocycles. The fourth-order valence-corrected chi connectivity index (χ4v) is 1.97. The van der Waals surface area contributed by atoms with Gasteiger partial charge in [0.25, 0.3) is 0 Å². The second-order valence-corrected chi connectivity index (χ2v) is 4.81. The van der Waals surface area contributed by atoms with Crippen LogP contribution in [-0.4, -0.2) is 6.04 Å². The van der Waals surface area contributed by atoms with Crippen molar-refractivity contribution in [2.75, 3.05) is 0 Å². The minimum atomic E-state index is 0.281. The molecule has 0 saturated heterocycles. The molecule has 17 heavy (non-hydrogen) atoms. The average Bonchev–Trinajstić information content (AvgIpc) is 2.32. The lowest BCUT2D eigenvalue weighted by molar-refractivity contribution is 0.515. The molecule has 1 aromatic carbocycles. The normalized spacial score (nSPS) is 12.5. The lowest BCUT2D eigenvalue weighted by atomic mass is 9.95. The zero-order valence-corrected chi connectivity index (χ0v) is 11.2. The van der Waals surface area contributed by atoms with Gasteiger partial charge in [0.1, 0.15) is 0 Å². The smallest absolute Gasteiger partial charge is 0.0288 e. The first-order valence-electron chi connectivity index (χ1n) is 6.25. The Balaban J connectivity index is 2.73. The molecule has 2 heteroatoms. The maximum absolute atomic E-state index is 5.62. The van der Waals surface area contributed by atoms with Crippen LogP contribution in [0.15, 0.2) is 30.4 Å². The molecule has 3 N–H and O–H groups in total. The Hall–Kier alpha value is -1.12. The molecule has 0 radical (unpaired) electrons. The molecule has 0 aliphatic heterocycles. The molecular weight excluding hydrogens is 208 g/mol. The van der Waals surface area contributed by atoms with Crippen molar-refractivity contribution in [3.05, 3.63) is 47.0 Å². The zero-order chi connectivity index (χ0) is 12.8. The van der Waals surface area contributed by atoms with Crippen molar-refractivity contribution in [2.45, 2.75) is 46.1 Å². The highest BCUT2D eigenvalue weighted by Gasteiger charge is 2.10. The van der Waals surface area contributed by atoms with Gasteiger partial charge in [-0.3, -0.25) is 11.3 Å². The van der Waals surface area contributed by atoms with Crippen LogP contribution in [0.4, 0.5) is 0 Å². The topological polar surface area (TPSA) is 38.0 Å². The van der Waals surface area contributed by atoms with Gasteiger partial charge in [-0.2, -0.15) is 0 Å². The van der Waals surface area contributed by atoms with Gasteiger partial charge < -0.3 is 0 Å². The minimum absolute atomic E-state index is 0.281. The van der Waals surface area contributed by atoms with E-state index in [1.54, 1.807) is 0 Å². The number of hydrazine groups is 1. The van der Waals surface area contributed by atoms with E-state index in [9.17, 15) is 0 Å². The first-order chi connectivity index (χ1) is 8.06. The van der Waals surface area contributed by atoms with Crippen molar-refractivity contribution in [3.63, 3.8) is 0 Å². The van der Waals surface area contributed by atoms with Crippen molar-refractivity contribution >= 4 is 0 Å². The van der Waals surface area contributed by atoms with E-state index in [0.29, 0.717) is 0 Å². The van der Waals surface area contributed by atoms with Crippen molar-refractivity contribution in [1.82, 2.24) is 5.43 Å². The summed E-state index contributed by atoms with van der Waals surface area (Å²) in [7, 11) is 0. The maximum atomic E-state index is 5.62. The monoisotopic (exact) mass is 232 g/mol. The third kappa shape index (κ3) is 4.33. The van der Waals surface area contributed by atoms with Crippen LogP contribution in [0.2, 0.25) is 0 Å². The summed E-state index contributed by atoms with van der Waals surface area (Å²) >= 11 is 0. The number of nitrogens with two attached hydrogens (primary N) is 1. The summed E-state index contributed by atoms with van der Waals surface area (Å²) < 4.78 is 0. The first-order valence-corrected chi connectivity index (χ1v) is 6.25. The van der Waals surface area contributed by atoms with Crippen molar-refractivity contribution < 1.29 is 0 Å². The number of hydrogen-bond acceptors (Lipinski definition) is 2. The van der Waals surface area contributed by atoms with Crippen LogP contribution in [0.5, 0.6) is 0 Å². The van der Waals surface area contributed by atoms with Gasteiger partial charge in [0, 0.05) is 6.04 Å². The SMILES string of the molecule is C=C(CC)CC(Cc1cc(C)ccc1C)NN. The number of benzene rings is 1. The Labute approximate surface area is 105 Å². The molecule has 0 fully saturated rings. The fraction of sp³-hybridized carbons (Fsp3) is 0.467. The zero-order valence-electron chi connectivity index (χ0n) is 11.2. The molecule has 0 bridgehead atoms. The highest BCUT2D eigenvalue weighted by Crippen LogP contribution is 2.16. The van der Waals surface area contributed by atoms with Crippen LogP contribution in [0.3, 0.4) is 0 Å². The van der Waals surface area contributed by atoms with Gasteiger partial charge in [-0.05, 0) is 44.2 Å². The molecule has 0 spiro atoms. The third-order valence-corrected chi connectivity index (χ3v) is 3.24. The Bertz CT molecular complexity index is 383. The fourth-order valence-electron chi connectivity index (χ4n) is 1.97. The summed E-state index contributed by atoms with van der Waals surface area (Å²) in [5, 5.41) is 0. The van der Waals surface area contributed by atoms with E-state index in [4.69, 9.17) is 5.84 Å². The van der Waals surface area contributed by atoms with E-state index in [1.807, 2.05) is 0 Å². The van der Waals surface area contributed by atoms with E-state index in [1.165, 1.54) is 22.3 Å². The van der Waals surface area contributed by atoms with Gasteiger partial charge in [0.05, 0.1) is 0 Å². The highest BCUT2D eigenvalue weighted by molar-refractivity contribution is 5.31. The Morgan fingerprint density at radius 3 is 2.71 bits per heavy atom. The first kappa shape index (κ1) is 13.9. The molecule has 0 amide bonds. The molecule has 2 nitrogen and oxygen atoms in total. The summed E-state index contributed by atoms with van der Waals surface area (Å²) in [6.07, 6.45) is 2.92. The van der Waals surface area contributed by atoms with Crippen LogP contribution >= 0.6 is 0 Å². The average molecular weight is 232 g/mol. The van der Waals surface area contributed by atoms with Gasteiger partial charge in [-0.25, -0.2) is 0 Å². The highest BCUT2D eigenvalue weighted by atomic mass is 15.2. The van der Waals surface area contributed by atoms with E-state index >= 15 is 0 Å². The summed E-state index contributed by atoms with van der Waals surface area (Å²) in [4.78, 5) is 0. The molecule has 0 aromatic heterocycles. The van der Waals surface area contributed by atoms with E-state index in [-0.39, 0.29) is 6.04 Å². The van der Waals surface area contributed by atoms with Crippen LogP contribution in [0.25, 0.3) is 0 Å². The van der Waals surface area contributed by atoms with Gasteiger partial charge >= 0.3 is 0 Å². The molecule has 1 unspecified atom stereocenters. The van der Waals surface area contributed by atoms with Gasteiger partial charge in [-0.1, -0.05) is 42.8 Å². The summed E-state index contributed by atoms with van der Waals surface area (Å²) in [6, 6.07) is 6.85. The Morgan fingerprint density at radius 1 is 1.41 bits per heavy atom. The number of rotatable bonds is 6. The lowest BCUT2D eigenvalue weighted by Crippen LogP contribution is -2.37. The lowest BCUT2D eigenvalue weighted by Gasteiger charge is -2.18. The van der Waals surface area contributed by atoms with Crippen LogP contribution in [0.1, 0.15) is 36.5 Å². The second kappa shape index (κ2) is 6.58. The Kier molecular flexibility index (Phi) is 5.39. The van der Waals surface area contributed by atoms with Gasteiger partial charge in [-0.15, -0.1) is 0 Å². The molecule has 1 aromatic rings. The summed E-state index contributed by atoms with van der Waals surface area (Å²) in [5.41, 5.74) is 8.16. The van der Waals surface area contributed by atoms with Crippen molar-refractivity contribution in [3.8, 4) is 0 Å². The van der Waals surface area contributed by atoms with E-state index in [0.717, 1.165) is 19.3 Å². The quantitative estimate of drug-likeness (QED) is 0.449. The summed E-state index contributed by atoms with van der Waals surface area (Å²) in [6.45, 7) is 10.5. The molecule has 0 aliphatic carbocycles. The molecule has 94 valence electrons. The largest absolute Gasteiger partial charge is 0.271 e. The van der Waals surface area contributed by atoms with Gasteiger partial charge in [0.15, 0.2) is 0 Å². The van der Waals surface area contributed by atoms with E-state index < -0.39 is 0 Å². The van der Waals surface area contributed by atoms with Gasteiger partial charge in [0.2, 0.25) is 0 Å². The third-order valence-electron chi connectivity index (χ3n) is 3.24. The number of hydrogen-bond donors (Lipinski definition) is 2. The van der Waals surface area contributed by atoms with Crippen molar-refractivity contribution in [1.29, 1.82) is 0 Å². The molecule has 1 rings (SSSR count). The molecule has 1 atom stereocenters. The minimum Gasteiger partial charge on any atom is -0.271 e. The summed E-state index contributed by atoms with van der Waals surface area (Å²) in [5.74, 6) is 5.62. The number of aryl methyl sites for hydroxylation is 2. The van der Waals surface area contributed by atoms with Crippen LogP contribution in [-0.2, 0) is 6.42 Å². The Morgan fingerprint density at radius 2 is 2.12 bits per heavy atom. The number of nitrogens with one attached hydrogen (secondary N) is 1. The standard InChI is InChI=1S/C15H24N2/c1-5-11(2)9-15(17-16)10-14-8-12(3)6-7-13(14)4/h6-8,15,17H,2,5,9-10,16H2,1,3-4H3. The van der Waals surface area contributed by atoms with Crippen LogP contribution in [0, 0.1) is 13.8 Å². The predicted octanol–water partition coefficient (Wildman–Crippen LogP) is 3.03. The molecule has 0 aliphatic rings. The second-order valence-electron chi connectivity index (χ2n) is 4.81. The van der Waals surface area contributed by atoms with Crippen LogP contribution < -0.4 is 11.3 Å².